The third-order valence-electron chi connectivity index (χ3n) is 3.43. The van der Waals surface area contributed by atoms with E-state index in [1.165, 1.54) is 55.6 Å². The molecule has 7 nitrogen and oxygen atoms in total. The van der Waals surface area contributed by atoms with Crippen LogP contribution in [0.3, 0.4) is 0 Å². The van der Waals surface area contributed by atoms with Gasteiger partial charge in [0.05, 0.1) is 17.6 Å². The fraction of sp³-hybridized carbons (Fsp3) is 0.263. The van der Waals surface area contributed by atoms with Gasteiger partial charge in [-0.25, -0.2) is 13.2 Å². The molecule has 0 aliphatic carbocycles. The molecule has 144 valence electrons. The molecular weight excluding hydrogens is 368 g/mol. The number of esters is 1. The van der Waals surface area contributed by atoms with E-state index in [2.05, 4.69) is 14.8 Å². The second-order valence-corrected chi connectivity index (χ2v) is 8.59. The van der Waals surface area contributed by atoms with Gasteiger partial charge in [0.1, 0.15) is 0 Å². The highest BCUT2D eigenvalue weighted by Gasteiger charge is 2.19. The summed E-state index contributed by atoms with van der Waals surface area (Å²) >= 11 is 0. The number of hydrogen-bond donors (Lipinski definition) is 2. The number of hydrogen-bond acceptors (Lipinski definition) is 5. The van der Waals surface area contributed by atoms with Crippen LogP contribution in [0.5, 0.6) is 0 Å². The summed E-state index contributed by atoms with van der Waals surface area (Å²) in [5.41, 5.74) is 0.216. The molecule has 2 aromatic carbocycles. The molecule has 0 aliphatic rings. The smallest absolute Gasteiger partial charge is 0.337 e. The number of rotatable bonds is 5. The van der Waals surface area contributed by atoms with Gasteiger partial charge < -0.3 is 10.1 Å². The van der Waals surface area contributed by atoms with Crippen molar-refractivity contribution in [2.75, 3.05) is 11.8 Å². The van der Waals surface area contributed by atoms with Gasteiger partial charge in [-0.3, -0.25) is 9.52 Å². The van der Waals surface area contributed by atoms with E-state index < -0.39 is 21.5 Å². The van der Waals surface area contributed by atoms with Crippen molar-refractivity contribution in [3.63, 3.8) is 0 Å². The second kappa shape index (κ2) is 7.79. The minimum atomic E-state index is -3.94. The van der Waals surface area contributed by atoms with Crippen molar-refractivity contribution in [3.8, 4) is 0 Å². The minimum Gasteiger partial charge on any atom is -0.465 e. The van der Waals surface area contributed by atoms with Gasteiger partial charge in [0.2, 0.25) is 0 Å². The molecule has 0 heterocycles. The Bertz CT molecular complexity index is 962. The lowest BCUT2D eigenvalue weighted by Gasteiger charge is -2.20. The molecule has 2 rings (SSSR count). The molecular formula is C19H22N2O5S. The van der Waals surface area contributed by atoms with E-state index in [0.717, 1.165) is 0 Å². The first-order valence-corrected chi connectivity index (χ1v) is 9.64. The van der Waals surface area contributed by atoms with Crippen LogP contribution in [0, 0.1) is 0 Å². The molecule has 0 bridgehead atoms. The van der Waals surface area contributed by atoms with Crippen molar-refractivity contribution >= 4 is 27.6 Å². The lowest BCUT2D eigenvalue weighted by Crippen LogP contribution is -2.40. The Labute approximate surface area is 158 Å². The first kappa shape index (κ1) is 20.4. The predicted molar refractivity (Wildman–Crippen MR) is 102 cm³/mol. The van der Waals surface area contributed by atoms with E-state index in [1.807, 2.05) is 20.8 Å². The third-order valence-corrected chi connectivity index (χ3v) is 4.81. The Hall–Kier alpha value is -2.87. The standard InChI is InChI=1S/C19H22N2O5S/c1-19(2,3)20-17(22)13-7-6-10-16(12-13)27(24,25)21-15-9-5-8-14(11-15)18(23)26-4/h5-12,21H,1-4H3,(H,20,22). The molecule has 0 saturated carbocycles. The average molecular weight is 390 g/mol. The second-order valence-electron chi connectivity index (χ2n) is 6.91. The van der Waals surface area contributed by atoms with Crippen molar-refractivity contribution in [2.24, 2.45) is 0 Å². The molecule has 0 aromatic heterocycles. The number of carbonyl (C=O) groups is 2. The summed E-state index contributed by atoms with van der Waals surface area (Å²) in [4.78, 5) is 23.8. The van der Waals surface area contributed by atoms with Crippen LogP contribution in [0.25, 0.3) is 0 Å². The van der Waals surface area contributed by atoms with Crippen LogP contribution >= 0.6 is 0 Å². The van der Waals surface area contributed by atoms with Crippen LogP contribution in [0.4, 0.5) is 5.69 Å². The summed E-state index contributed by atoms with van der Waals surface area (Å²) in [6, 6.07) is 11.7. The highest BCUT2D eigenvalue weighted by molar-refractivity contribution is 7.92. The van der Waals surface area contributed by atoms with Crippen molar-refractivity contribution in [2.45, 2.75) is 31.2 Å². The SMILES string of the molecule is COC(=O)c1cccc(NS(=O)(=O)c2cccc(C(=O)NC(C)(C)C)c2)c1. The number of nitrogens with one attached hydrogen (secondary N) is 2. The first-order chi connectivity index (χ1) is 12.5. The van der Waals surface area contributed by atoms with Crippen molar-refractivity contribution < 1.29 is 22.7 Å². The Kier molecular flexibility index (Phi) is 5.90. The molecule has 0 radical (unpaired) electrons. The monoisotopic (exact) mass is 390 g/mol. The van der Waals surface area contributed by atoms with E-state index >= 15 is 0 Å². The number of ether oxygens (including phenoxy) is 1. The number of methoxy groups -OCH3 is 1. The normalized spacial score (nSPS) is 11.6. The molecule has 0 aliphatic heterocycles. The summed E-state index contributed by atoms with van der Waals surface area (Å²) < 4.78 is 32.3. The molecule has 2 aromatic rings. The summed E-state index contributed by atoms with van der Waals surface area (Å²) in [7, 11) is -2.70. The van der Waals surface area contributed by atoms with Crippen LogP contribution in [-0.4, -0.2) is 32.9 Å². The van der Waals surface area contributed by atoms with Gasteiger partial charge in [-0.1, -0.05) is 12.1 Å². The lowest BCUT2D eigenvalue weighted by molar-refractivity contribution is 0.0600. The molecule has 0 saturated heterocycles. The Balaban J connectivity index is 2.28. The van der Waals surface area contributed by atoms with Gasteiger partial charge in [0.25, 0.3) is 15.9 Å². The van der Waals surface area contributed by atoms with E-state index in [-0.39, 0.29) is 27.6 Å². The Morgan fingerprint density at radius 1 is 0.963 bits per heavy atom. The number of anilines is 1. The maximum absolute atomic E-state index is 12.7. The van der Waals surface area contributed by atoms with Crippen LogP contribution in [0.2, 0.25) is 0 Å². The van der Waals surface area contributed by atoms with Gasteiger partial charge in [-0.05, 0) is 57.2 Å². The molecule has 2 N–H and O–H groups in total. The highest BCUT2D eigenvalue weighted by Crippen LogP contribution is 2.19. The third kappa shape index (κ3) is 5.55. The van der Waals surface area contributed by atoms with Crippen molar-refractivity contribution in [1.82, 2.24) is 5.32 Å². The maximum atomic E-state index is 12.7. The zero-order chi connectivity index (χ0) is 20.2. The summed E-state index contributed by atoms with van der Waals surface area (Å²) in [5.74, 6) is -0.941. The van der Waals surface area contributed by atoms with E-state index in [9.17, 15) is 18.0 Å². The van der Waals surface area contributed by atoms with Crippen molar-refractivity contribution in [3.05, 3.63) is 59.7 Å². The lowest BCUT2D eigenvalue weighted by atomic mass is 10.1. The zero-order valence-corrected chi connectivity index (χ0v) is 16.4. The van der Waals surface area contributed by atoms with Crippen LogP contribution in [0.1, 0.15) is 41.5 Å². The molecule has 27 heavy (non-hydrogen) atoms. The predicted octanol–water partition coefficient (Wildman–Crippen LogP) is 2.80. The largest absolute Gasteiger partial charge is 0.465 e. The van der Waals surface area contributed by atoms with Gasteiger partial charge in [0, 0.05) is 16.8 Å². The van der Waals surface area contributed by atoms with Gasteiger partial charge in [-0.2, -0.15) is 0 Å². The fourth-order valence-electron chi connectivity index (χ4n) is 2.26. The van der Waals surface area contributed by atoms with Crippen molar-refractivity contribution in [1.29, 1.82) is 0 Å². The topological polar surface area (TPSA) is 102 Å². The Morgan fingerprint density at radius 3 is 2.22 bits per heavy atom. The fourth-order valence-corrected chi connectivity index (χ4v) is 3.35. The van der Waals surface area contributed by atoms with E-state index in [0.29, 0.717) is 0 Å². The zero-order valence-electron chi connectivity index (χ0n) is 15.6. The van der Waals surface area contributed by atoms with E-state index in [1.54, 1.807) is 0 Å². The van der Waals surface area contributed by atoms with Crippen LogP contribution in [0.15, 0.2) is 53.4 Å². The van der Waals surface area contributed by atoms with Gasteiger partial charge in [0.15, 0.2) is 0 Å². The highest BCUT2D eigenvalue weighted by atomic mass is 32.2. The number of sulfonamides is 1. The first-order valence-electron chi connectivity index (χ1n) is 8.15. The maximum Gasteiger partial charge on any atom is 0.337 e. The van der Waals surface area contributed by atoms with Crippen LogP contribution in [-0.2, 0) is 14.8 Å². The van der Waals surface area contributed by atoms with Gasteiger partial charge in [-0.15, -0.1) is 0 Å². The number of amides is 1. The quantitative estimate of drug-likeness (QED) is 0.765. The summed E-state index contributed by atoms with van der Waals surface area (Å²) in [6.45, 7) is 5.50. The molecule has 1 amide bonds. The number of carbonyl (C=O) groups excluding carboxylic acids is 2. The average Bonchev–Trinajstić information content (AvgIpc) is 2.59. The summed E-state index contributed by atoms with van der Waals surface area (Å²) in [5, 5.41) is 2.78. The number of benzene rings is 2. The molecule has 8 heteroatoms. The van der Waals surface area contributed by atoms with Gasteiger partial charge >= 0.3 is 5.97 Å². The molecule has 0 unspecified atom stereocenters. The molecule has 0 spiro atoms. The Morgan fingerprint density at radius 2 is 1.59 bits per heavy atom. The summed E-state index contributed by atoms with van der Waals surface area (Å²) in [6.07, 6.45) is 0. The minimum absolute atomic E-state index is 0.0625. The van der Waals surface area contributed by atoms with E-state index in [4.69, 9.17) is 0 Å². The molecule has 0 fully saturated rings. The molecule has 0 atom stereocenters. The van der Waals surface area contributed by atoms with Crippen LogP contribution < -0.4 is 10.0 Å².